The fourth-order valence-corrected chi connectivity index (χ4v) is 3.96. The molecule has 27 heavy (non-hydrogen) atoms. The maximum atomic E-state index is 12.9. The Labute approximate surface area is 179 Å². The molecule has 142 valence electrons. The van der Waals surface area contributed by atoms with E-state index in [1.165, 1.54) is 5.56 Å². The van der Waals surface area contributed by atoms with Crippen molar-refractivity contribution in [3.63, 3.8) is 0 Å². The molecule has 0 aromatic heterocycles. The first kappa shape index (κ1) is 24.0. The molecule has 0 heterocycles. The molecule has 2 rings (SSSR count). The van der Waals surface area contributed by atoms with Crippen molar-refractivity contribution in [1.82, 2.24) is 0 Å². The summed E-state index contributed by atoms with van der Waals surface area (Å²) in [5.41, 5.74) is 4.59. The number of benzene rings is 2. The van der Waals surface area contributed by atoms with E-state index in [1.54, 1.807) is 0 Å². The number of hydrogen-bond acceptors (Lipinski definition) is 2. The molecular formula is C23H32LiO2P. The fourth-order valence-electron chi connectivity index (χ4n) is 2.85. The Morgan fingerprint density at radius 2 is 1.59 bits per heavy atom. The maximum Gasteiger partial charge on any atom is 1.00 e. The van der Waals surface area contributed by atoms with Crippen LogP contribution in [-0.2, 0) is 5.41 Å². The fraction of sp³-hybridized carbons (Fsp3) is 0.435. The zero-order valence-electron chi connectivity index (χ0n) is 19.1. The molecule has 1 unspecified atom stereocenters. The summed E-state index contributed by atoms with van der Waals surface area (Å²) < 4.78 is 5.71. The monoisotopic (exact) mass is 378 g/mol. The van der Waals surface area contributed by atoms with E-state index in [2.05, 4.69) is 46.8 Å². The average molecular weight is 378 g/mol. The van der Waals surface area contributed by atoms with Crippen molar-refractivity contribution in [2.24, 2.45) is 5.92 Å². The third-order valence-electron chi connectivity index (χ3n) is 4.32. The predicted molar refractivity (Wildman–Crippen MR) is 115 cm³/mol. The van der Waals surface area contributed by atoms with E-state index >= 15 is 0 Å². The molecule has 0 saturated heterocycles. The summed E-state index contributed by atoms with van der Waals surface area (Å²) >= 11 is 0. The van der Waals surface area contributed by atoms with Crippen molar-refractivity contribution in [2.45, 2.75) is 53.9 Å². The van der Waals surface area contributed by atoms with E-state index in [4.69, 9.17) is 4.74 Å². The summed E-state index contributed by atoms with van der Waals surface area (Å²) in [7, 11) is 0.131. The largest absolute Gasteiger partial charge is 1.00 e. The van der Waals surface area contributed by atoms with Crippen molar-refractivity contribution in [1.29, 1.82) is 0 Å². The van der Waals surface area contributed by atoms with Gasteiger partial charge in [-0.05, 0) is 67.9 Å². The summed E-state index contributed by atoms with van der Waals surface area (Å²) in [5, 5.41) is 1.05. The third-order valence-corrected chi connectivity index (χ3v) is 5.42. The molecule has 2 aromatic rings. The van der Waals surface area contributed by atoms with E-state index in [0.717, 1.165) is 27.7 Å². The van der Waals surface area contributed by atoms with E-state index in [1.807, 2.05) is 38.1 Å². The van der Waals surface area contributed by atoms with Crippen LogP contribution in [0.1, 0.15) is 63.1 Å². The Morgan fingerprint density at radius 1 is 1.07 bits per heavy atom. The van der Waals surface area contributed by atoms with E-state index in [0.29, 0.717) is 12.5 Å². The van der Waals surface area contributed by atoms with Crippen LogP contribution in [0.25, 0.3) is 0 Å². The van der Waals surface area contributed by atoms with Crippen molar-refractivity contribution in [2.75, 3.05) is 6.61 Å². The zero-order valence-corrected chi connectivity index (χ0v) is 19.1. The minimum Gasteiger partial charge on any atom is -1.00 e. The van der Waals surface area contributed by atoms with Crippen LogP contribution in [0.4, 0.5) is 0 Å². The molecule has 1 atom stereocenters. The Hall–Kier alpha value is -1.06. The Balaban J connectivity index is 0.00000364. The molecule has 2 nitrogen and oxygen atoms in total. The summed E-state index contributed by atoms with van der Waals surface area (Å²) in [6, 6.07) is 12.2. The average Bonchev–Trinajstić information content (AvgIpc) is 2.52. The van der Waals surface area contributed by atoms with Gasteiger partial charge in [0.25, 0.3) is 0 Å². The number of ether oxygens (including phenoxy) is 1. The van der Waals surface area contributed by atoms with Gasteiger partial charge < -0.3 is 6.16 Å². The second-order valence-corrected chi connectivity index (χ2v) is 9.70. The van der Waals surface area contributed by atoms with Gasteiger partial charge in [-0.1, -0.05) is 58.9 Å². The predicted octanol–water partition coefficient (Wildman–Crippen LogP) is 2.90. The van der Waals surface area contributed by atoms with Gasteiger partial charge in [-0.15, -0.1) is 0 Å². The summed E-state index contributed by atoms with van der Waals surface area (Å²) in [4.78, 5) is 12.9. The van der Waals surface area contributed by atoms with Gasteiger partial charge in [0, 0.05) is 5.56 Å². The van der Waals surface area contributed by atoms with Crippen LogP contribution in [0.2, 0.25) is 0 Å². The molecule has 0 aliphatic heterocycles. The molecule has 0 aliphatic carbocycles. The minimum absolute atomic E-state index is 0. The van der Waals surface area contributed by atoms with E-state index in [9.17, 15) is 4.79 Å². The first-order valence-corrected chi connectivity index (χ1v) is 10.2. The van der Waals surface area contributed by atoms with Gasteiger partial charge in [0.1, 0.15) is 5.75 Å². The van der Waals surface area contributed by atoms with Gasteiger partial charge >= 0.3 is 18.9 Å². The zero-order chi connectivity index (χ0) is 19.5. The SMILES string of the molecule is Cc1cc(C(C)(C)C)cc(C)c1C(=O)Pc1ccc(OCC(C)C)cc1.[H-].[Li+]. The molecule has 0 amide bonds. The molecule has 0 fully saturated rings. The quantitative estimate of drug-likeness (QED) is 0.571. The van der Waals surface area contributed by atoms with Gasteiger partial charge in [-0.3, -0.25) is 4.79 Å². The Bertz CT molecular complexity index is 757. The topological polar surface area (TPSA) is 26.3 Å². The molecule has 0 N–H and O–H groups in total. The molecule has 0 spiro atoms. The summed E-state index contributed by atoms with van der Waals surface area (Å²) in [6.07, 6.45) is 0. The summed E-state index contributed by atoms with van der Waals surface area (Å²) in [5.74, 6) is 1.36. The van der Waals surface area contributed by atoms with E-state index < -0.39 is 0 Å². The smallest absolute Gasteiger partial charge is 1.00 e. The first-order chi connectivity index (χ1) is 12.1. The van der Waals surface area contributed by atoms with Gasteiger partial charge in [-0.25, -0.2) is 0 Å². The van der Waals surface area contributed by atoms with Crippen LogP contribution in [0.5, 0.6) is 5.75 Å². The van der Waals surface area contributed by atoms with Crippen LogP contribution in [0.15, 0.2) is 36.4 Å². The van der Waals surface area contributed by atoms with Crippen molar-refractivity contribution in [3.8, 4) is 5.75 Å². The number of aryl methyl sites for hydroxylation is 2. The van der Waals surface area contributed by atoms with Crippen LogP contribution < -0.4 is 28.9 Å². The Morgan fingerprint density at radius 3 is 2.04 bits per heavy atom. The number of carbonyl (C=O) groups is 1. The maximum absolute atomic E-state index is 12.9. The molecular weight excluding hydrogens is 346 g/mol. The Kier molecular flexibility index (Phi) is 8.82. The minimum atomic E-state index is 0. The van der Waals surface area contributed by atoms with Crippen molar-refractivity contribution >= 4 is 19.4 Å². The van der Waals surface area contributed by atoms with Crippen molar-refractivity contribution < 1.29 is 29.8 Å². The van der Waals surface area contributed by atoms with Gasteiger partial charge in [-0.2, -0.15) is 0 Å². The van der Waals surface area contributed by atoms with Gasteiger partial charge in [0.2, 0.25) is 0 Å². The van der Waals surface area contributed by atoms with Gasteiger partial charge in [0.15, 0.2) is 5.52 Å². The number of rotatable bonds is 6. The van der Waals surface area contributed by atoms with Crippen LogP contribution >= 0.6 is 8.58 Å². The van der Waals surface area contributed by atoms with Crippen molar-refractivity contribution in [3.05, 3.63) is 58.7 Å². The number of hydrogen-bond donors (Lipinski definition) is 0. The molecule has 0 saturated carbocycles. The molecule has 0 bridgehead atoms. The van der Waals surface area contributed by atoms with E-state index in [-0.39, 0.29) is 39.8 Å². The third kappa shape index (κ3) is 6.80. The normalized spacial score (nSPS) is 11.7. The van der Waals surface area contributed by atoms with Crippen LogP contribution in [0.3, 0.4) is 0 Å². The number of carbonyl (C=O) groups excluding carboxylic acids is 1. The van der Waals surface area contributed by atoms with Gasteiger partial charge in [0.05, 0.1) is 6.61 Å². The first-order valence-electron chi connectivity index (χ1n) is 9.24. The molecule has 0 aliphatic rings. The second kappa shape index (κ2) is 9.93. The summed E-state index contributed by atoms with van der Waals surface area (Å²) in [6.45, 7) is 15.7. The van der Waals surface area contributed by atoms with Crippen LogP contribution in [-0.4, -0.2) is 12.1 Å². The second-order valence-electron chi connectivity index (χ2n) is 8.42. The molecule has 4 heteroatoms. The van der Waals surface area contributed by atoms with Crippen LogP contribution in [0, 0.1) is 19.8 Å². The molecule has 2 aromatic carbocycles. The standard InChI is InChI=1S/C23H31O2P.Li.H/c1-15(2)14-25-19-8-10-20(11-9-19)26-22(24)21-16(3)12-18(13-17(21)4)23(5,6)7;;/h8-13,15,26H,14H2,1-7H3;;/q;+1;-1. The molecule has 0 radical (unpaired) electrons.